The second kappa shape index (κ2) is 5.93. The van der Waals surface area contributed by atoms with Crippen LogP contribution in [0.5, 0.6) is 0 Å². The van der Waals surface area contributed by atoms with E-state index in [-0.39, 0.29) is 5.69 Å². The van der Waals surface area contributed by atoms with Crippen molar-refractivity contribution < 1.29 is 9.66 Å². The van der Waals surface area contributed by atoms with Crippen LogP contribution in [0.4, 0.5) is 5.69 Å². The molecule has 2 aromatic carbocycles. The first-order chi connectivity index (χ1) is 8.77. The van der Waals surface area contributed by atoms with Crippen LogP contribution in [0.15, 0.2) is 54.6 Å². The van der Waals surface area contributed by atoms with E-state index in [0.717, 1.165) is 5.56 Å². The molecule has 91 valence electrons. The Morgan fingerprint density at radius 3 is 2.44 bits per heavy atom. The number of para-hydroxylation sites is 1. The lowest BCUT2D eigenvalue weighted by molar-refractivity contribution is -0.385. The molecule has 0 aromatic heterocycles. The van der Waals surface area contributed by atoms with E-state index in [4.69, 9.17) is 4.74 Å². The quantitative estimate of drug-likeness (QED) is 0.597. The van der Waals surface area contributed by atoms with Crippen molar-refractivity contribution >= 4 is 5.69 Å². The lowest BCUT2D eigenvalue weighted by Gasteiger charge is -2.04. The summed E-state index contributed by atoms with van der Waals surface area (Å²) < 4.78 is 5.37. The van der Waals surface area contributed by atoms with Gasteiger partial charge in [-0.25, -0.2) is 0 Å². The van der Waals surface area contributed by atoms with Crippen LogP contribution in [0.25, 0.3) is 0 Å². The van der Waals surface area contributed by atoms with Crippen molar-refractivity contribution in [3.63, 3.8) is 0 Å². The molecule has 0 N–H and O–H groups in total. The van der Waals surface area contributed by atoms with Crippen molar-refractivity contribution in [2.45, 2.75) is 6.61 Å². The van der Waals surface area contributed by atoms with E-state index in [1.807, 2.05) is 30.3 Å². The number of nitrogens with zero attached hydrogens (tertiary/aromatic N) is 1. The molecule has 0 amide bonds. The van der Waals surface area contributed by atoms with Crippen molar-refractivity contribution in [1.29, 1.82) is 0 Å². The highest BCUT2D eigenvalue weighted by Crippen LogP contribution is 2.20. The molecule has 0 unspecified atom stereocenters. The minimum atomic E-state index is -0.419. The number of ether oxygens (including phenoxy) is 1. The second-order valence-corrected chi connectivity index (χ2v) is 3.73. The van der Waals surface area contributed by atoms with Crippen molar-refractivity contribution in [1.82, 2.24) is 0 Å². The predicted octanol–water partition coefficient (Wildman–Crippen LogP) is 3.32. The van der Waals surface area contributed by atoms with Crippen LogP contribution in [0, 0.1) is 16.7 Å². The van der Waals surface area contributed by atoms with Gasteiger partial charge in [-0.1, -0.05) is 42.5 Å². The third-order valence-electron chi connectivity index (χ3n) is 2.44. The molecule has 0 aliphatic heterocycles. The van der Waals surface area contributed by atoms with Gasteiger partial charge >= 0.3 is 0 Å². The molecule has 0 aliphatic carbocycles. The van der Waals surface area contributed by atoms with Crippen molar-refractivity contribution in [3.8, 4) is 0 Å². The van der Waals surface area contributed by atoms with Gasteiger partial charge in [-0.2, -0.15) is 0 Å². The Labute approximate surface area is 105 Å². The normalized spacial score (nSPS) is 10.2. The van der Waals surface area contributed by atoms with Gasteiger partial charge in [0.2, 0.25) is 0 Å². The van der Waals surface area contributed by atoms with Gasteiger partial charge in [0.25, 0.3) is 5.69 Å². The standard InChI is InChI=1S/C14H12NO3/c16-15(17)14-9-5-4-8-13(14)11-18-10-12-6-2-1-3-7-12/h1-9,11H,10H2. The van der Waals surface area contributed by atoms with Gasteiger partial charge in [0.05, 0.1) is 17.1 Å². The van der Waals surface area contributed by atoms with Crippen LogP contribution in [0.3, 0.4) is 0 Å². The number of nitro benzene ring substituents is 1. The maximum atomic E-state index is 10.8. The molecule has 1 radical (unpaired) electrons. The Morgan fingerprint density at radius 2 is 1.72 bits per heavy atom. The molecule has 18 heavy (non-hydrogen) atoms. The SMILES string of the molecule is O=[N+]([O-])c1ccccc1[CH]OCc1ccccc1. The number of hydrogen-bond acceptors (Lipinski definition) is 3. The lowest BCUT2D eigenvalue weighted by atomic mass is 10.2. The third-order valence-corrected chi connectivity index (χ3v) is 2.44. The van der Waals surface area contributed by atoms with Crippen molar-refractivity contribution in [2.75, 3.05) is 0 Å². The number of rotatable bonds is 5. The Hall–Kier alpha value is -2.20. The van der Waals surface area contributed by atoms with Crippen LogP contribution < -0.4 is 0 Å². The zero-order valence-electron chi connectivity index (χ0n) is 9.65. The van der Waals surface area contributed by atoms with Gasteiger partial charge < -0.3 is 4.74 Å². The molecular formula is C14H12NO3. The molecule has 2 rings (SSSR count). The summed E-state index contributed by atoms with van der Waals surface area (Å²) >= 11 is 0. The fourth-order valence-electron chi connectivity index (χ4n) is 1.56. The minimum Gasteiger partial charge on any atom is -0.365 e. The molecule has 0 aliphatic rings. The molecule has 0 saturated carbocycles. The van der Waals surface area contributed by atoms with E-state index in [0.29, 0.717) is 12.2 Å². The smallest absolute Gasteiger partial charge is 0.275 e. The number of hydrogen-bond donors (Lipinski definition) is 0. The zero-order valence-corrected chi connectivity index (χ0v) is 9.65. The van der Waals surface area contributed by atoms with E-state index in [1.165, 1.54) is 12.7 Å². The summed E-state index contributed by atoms with van der Waals surface area (Å²) in [5.74, 6) is 0. The molecule has 0 atom stereocenters. The van der Waals surface area contributed by atoms with Gasteiger partial charge in [0.15, 0.2) is 0 Å². The van der Waals surface area contributed by atoms with Crippen LogP contribution in [0.1, 0.15) is 11.1 Å². The van der Waals surface area contributed by atoms with Gasteiger partial charge in [-0.15, -0.1) is 0 Å². The summed E-state index contributed by atoms with van der Waals surface area (Å²) in [5, 5.41) is 10.8. The summed E-state index contributed by atoms with van der Waals surface area (Å²) in [7, 11) is 0. The molecule has 0 fully saturated rings. The van der Waals surface area contributed by atoms with Crippen LogP contribution >= 0.6 is 0 Å². The van der Waals surface area contributed by atoms with Gasteiger partial charge in [0, 0.05) is 6.07 Å². The largest absolute Gasteiger partial charge is 0.365 e. The predicted molar refractivity (Wildman–Crippen MR) is 67.7 cm³/mol. The van der Waals surface area contributed by atoms with Crippen LogP contribution in [-0.2, 0) is 11.3 Å². The summed E-state index contributed by atoms with van der Waals surface area (Å²) in [6, 6.07) is 16.1. The maximum absolute atomic E-state index is 10.8. The average Bonchev–Trinajstić information content (AvgIpc) is 2.40. The molecule has 4 nitrogen and oxygen atoms in total. The van der Waals surface area contributed by atoms with E-state index in [9.17, 15) is 10.1 Å². The highest BCUT2D eigenvalue weighted by atomic mass is 16.6. The van der Waals surface area contributed by atoms with Crippen LogP contribution in [0.2, 0.25) is 0 Å². The minimum absolute atomic E-state index is 0.0468. The topological polar surface area (TPSA) is 52.4 Å². The number of nitro groups is 1. The van der Waals surface area contributed by atoms with E-state index in [2.05, 4.69) is 0 Å². The summed E-state index contributed by atoms with van der Waals surface area (Å²) in [6.45, 7) is 1.82. The third kappa shape index (κ3) is 3.15. The molecule has 0 bridgehead atoms. The van der Waals surface area contributed by atoms with Crippen molar-refractivity contribution in [3.05, 3.63) is 82.4 Å². The maximum Gasteiger partial charge on any atom is 0.275 e. The first-order valence-electron chi connectivity index (χ1n) is 5.49. The van der Waals surface area contributed by atoms with Crippen molar-refractivity contribution in [2.24, 2.45) is 0 Å². The first kappa shape index (κ1) is 12.3. The zero-order chi connectivity index (χ0) is 12.8. The second-order valence-electron chi connectivity index (χ2n) is 3.73. The Bertz CT molecular complexity index is 526. The van der Waals surface area contributed by atoms with E-state index in [1.54, 1.807) is 18.2 Å². The molecule has 2 aromatic rings. The molecular weight excluding hydrogens is 230 g/mol. The molecule has 4 heteroatoms. The first-order valence-corrected chi connectivity index (χ1v) is 5.49. The van der Waals surface area contributed by atoms with Crippen LogP contribution in [-0.4, -0.2) is 4.92 Å². The fourth-order valence-corrected chi connectivity index (χ4v) is 1.56. The Balaban J connectivity index is 1.97. The summed E-state index contributed by atoms with van der Waals surface area (Å²) in [6.07, 6.45) is 0. The summed E-state index contributed by atoms with van der Waals surface area (Å²) in [5.41, 5.74) is 1.54. The molecule has 0 spiro atoms. The lowest BCUT2D eigenvalue weighted by Crippen LogP contribution is -1.97. The van der Waals surface area contributed by atoms with E-state index >= 15 is 0 Å². The Morgan fingerprint density at radius 1 is 1.06 bits per heavy atom. The monoisotopic (exact) mass is 242 g/mol. The Kier molecular flexibility index (Phi) is 4.04. The highest BCUT2D eigenvalue weighted by Gasteiger charge is 2.12. The van der Waals surface area contributed by atoms with Gasteiger partial charge in [-0.05, 0) is 11.6 Å². The van der Waals surface area contributed by atoms with Gasteiger partial charge in [0.1, 0.15) is 6.61 Å². The highest BCUT2D eigenvalue weighted by molar-refractivity contribution is 5.43. The molecule has 0 heterocycles. The molecule has 0 saturated heterocycles. The van der Waals surface area contributed by atoms with Gasteiger partial charge in [-0.3, -0.25) is 10.1 Å². The van der Waals surface area contributed by atoms with E-state index < -0.39 is 4.92 Å². The summed E-state index contributed by atoms with van der Waals surface area (Å²) in [4.78, 5) is 10.4. The average molecular weight is 242 g/mol. The number of benzene rings is 2. The fraction of sp³-hybridized carbons (Fsp3) is 0.0714.